The van der Waals surface area contributed by atoms with Crippen LogP contribution < -0.4 is 10.2 Å². The Labute approximate surface area is 399 Å². The molecular weight excluding hydrogens is 863 g/mol. The summed E-state index contributed by atoms with van der Waals surface area (Å²) in [7, 11) is 0. The first-order valence-electron chi connectivity index (χ1n) is 22.7. The highest BCUT2D eigenvalue weighted by Gasteiger charge is 2.28. The van der Waals surface area contributed by atoms with Gasteiger partial charge in [-0.05, 0) is 149 Å². The summed E-state index contributed by atoms with van der Waals surface area (Å²) in [5.41, 5.74) is 9.09. The molecule has 2 aromatic heterocycles. The quantitative estimate of drug-likeness (QED) is 0.143. The van der Waals surface area contributed by atoms with Crippen molar-refractivity contribution in [2.45, 2.75) is 71.6 Å². The molecule has 3 N–H and O–H groups in total. The van der Waals surface area contributed by atoms with Crippen molar-refractivity contribution in [2.24, 2.45) is 0 Å². The van der Waals surface area contributed by atoms with Crippen LogP contribution in [0.15, 0.2) is 97.3 Å². The SMILES string of the molecule is C.C1CNC1.Cc1ncc(-c2cc(C(=O)N3CCC(c4ccc(C#N)cc4)CC3)ccc2F)[nH]1.Cc1ncc(-c2cc(C(=O)N3CCC(c4ccc(C#N)cc4)CC3)ccc2N2CCC2)[nH]1.Cl. The van der Waals surface area contributed by atoms with E-state index in [-0.39, 0.29) is 37.5 Å². The highest BCUT2D eigenvalue weighted by atomic mass is 35.5. The highest BCUT2D eigenvalue weighted by Crippen LogP contribution is 2.35. The van der Waals surface area contributed by atoms with Crippen LogP contribution in [0, 0.1) is 42.3 Å². The van der Waals surface area contributed by atoms with Crippen molar-refractivity contribution < 1.29 is 14.0 Å². The normalized spacial score (nSPS) is 15.6. The maximum atomic E-state index is 14.3. The van der Waals surface area contributed by atoms with Gasteiger partial charge in [0.1, 0.15) is 17.5 Å². The standard InChI is InChI=1S/C26H27N5O.C23H21FN4O.C3H7N.CH4.ClH/c1-18-28-17-24(29-18)23-15-22(7-8-25(23)30-11-2-12-30)26(32)31-13-9-21(10-14-31)20-5-3-19(16-27)4-6-20;1-15-26-14-22(27-15)20-12-19(6-7-21(20)24)23(29)28-10-8-18(9-11-28)17-4-2-16(13-25)3-5-17;1-2-4-3-1;;/h3-8,15,17,21H,2,9-14H2,1H3,(H,28,29);2-7,12,14,18H,8-11H2,1H3,(H,26,27);4H,1-3H2;1H4;1H. The lowest BCUT2D eigenvalue weighted by Gasteiger charge is -2.35. The number of hydrogen-bond acceptors (Lipinski definition) is 8. The summed E-state index contributed by atoms with van der Waals surface area (Å²) >= 11 is 0. The molecule has 0 aliphatic carbocycles. The predicted molar refractivity (Wildman–Crippen MR) is 264 cm³/mol. The van der Waals surface area contributed by atoms with Gasteiger partial charge in [0.2, 0.25) is 0 Å². The Morgan fingerprint density at radius 2 is 1.04 bits per heavy atom. The monoisotopic (exact) mass is 922 g/mol. The fraction of sp³-hybridized carbons (Fsp3) is 0.358. The number of carbonyl (C=O) groups is 2. The number of nitriles is 2. The third-order valence-corrected chi connectivity index (χ3v) is 12.9. The maximum absolute atomic E-state index is 14.3. The molecule has 6 heterocycles. The summed E-state index contributed by atoms with van der Waals surface area (Å²) in [6, 6.07) is 30.4. The largest absolute Gasteiger partial charge is 0.371 e. The molecule has 10 rings (SSSR count). The van der Waals surface area contributed by atoms with Crippen LogP contribution in [0.25, 0.3) is 22.5 Å². The Morgan fingerprint density at radius 1 is 0.627 bits per heavy atom. The number of piperidine rings is 2. The molecule has 14 heteroatoms. The fourth-order valence-corrected chi connectivity index (χ4v) is 8.73. The number of likely N-dealkylation sites (tertiary alicyclic amines) is 2. The van der Waals surface area contributed by atoms with Crippen LogP contribution in [0.3, 0.4) is 0 Å². The van der Waals surface area contributed by atoms with E-state index in [1.165, 1.54) is 49.2 Å². The van der Waals surface area contributed by atoms with Crippen LogP contribution in [0.5, 0.6) is 0 Å². The molecule has 4 saturated heterocycles. The number of amides is 2. The Morgan fingerprint density at radius 3 is 1.42 bits per heavy atom. The molecule has 0 atom stereocenters. The Bertz CT molecular complexity index is 2670. The van der Waals surface area contributed by atoms with Gasteiger partial charge in [-0.3, -0.25) is 9.59 Å². The number of imidazole rings is 2. The van der Waals surface area contributed by atoms with E-state index in [2.05, 4.69) is 48.4 Å². The van der Waals surface area contributed by atoms with Crippen molar-refractivity contribution in [3.05, 3.63) is 148 Å². The van der Waals surface area contributed by atoms with Crippen molar-refractivity contribution in [1.29, 1.82) is 10.5 Å². The van der Waals surface area contributed by atoms with Crippen LogP contribution in [0.2, 0.25) is 0 Å². The molecule has 0 unspecified atom stereocenters. The van der Waals surface area contributed by atoms with Gasteiger partial charge in [0.15, 0.2) is 0 Å². The van der Waals surface area contributed by atoms with Gasteiger partial charge < -0.3 is 30.0 Å². The average Bonchev–Trinajstić information content (AvgIpc) is 3.95. The molecule has 12 nitrogen and oxygen atoms in total. The van der Waals surface area contributed by atoms with Gasteiger partial charge in [0.05, 0.1) is 47.0 Å². The molecule has 2 amide bonds. The zero-order valence-electron chi connectivity index (χ0n) is 37.5. The number of hydrogen-bond donors (Lipinski definition) is 3. The molecule has 4 aromatic carbocycles. The molecule has 4 aliphatic rings. The van der Waals surface area contributed by atoms with Crippen molar-refractivity contribution >= 4 is 29.9 Å². The lowest BCUT2D eigenvalue weighted by molar-refractivity contribution is 0.0705. The van der Waals surface area contributed by atoms with Gasteiger partial charge in [-0.15, -0.1) is 12.4 Å². The number of benzene rings is 4. The zero-order chi connectivity index (χ0) is 45.3. The summed E-state index contributed by atoms with van der Waals surface area (Å²) in [6.07, 6.45) is 9.63. The van der Waals surface area contributed by atoms with E-state index < -0.39 is 0 Å². The first kappa shape index (κ1) is 49.6. The third-order valence-electron chi connectivity index (χ3n) is 12.9. The molecule has 4 fully saturated rings. The van der Waals surface area contributed by atoms with Gasteiger partial charge in [-0.1, -0.05) is 31.7 Å². The van der Waals surface area contributed by atoms with E-state index in [0.717, 1.165) is 80.2 Å². The average molecular weight is 924 g/mol. The van der Waals surface area contributed by atoms with E-state index in [1.807, 2.05) is 83.6 Å². The molecule has 6 aromatic rings. The minimum atomic E-state index is -0.385. The Kier molecular flexibility index (Phi) is 17.1. The van der Waals surface area contributed by atoms with Crippen LogP contribution in [-0.4, -0.2) is 93.9 Å². The van der Waals surface area contributed by atoms with Crippen LogP contribution in [0.1, 0.15) is 112 Å². The van der Waals surface area contributed by atoms with E-state index in [0.29, 0.717) is 58.7 Å². The second-order valence-corrected chi connectivity index (χ2v) is 17.2. The van der Waals surface area contributed by atoms with E-state index in [9.17, 15) is 14.0 Å². The van der Waals surface area contributed by atoms with Crippen molar-refractivity contribution in [2.75, 3.05) is 57.3 Å². The Hall–Kier alpha value is -6.80. The van der Waals surface area contributed by atoms with Crippen molar-refractivity contribution in [1.82, 2.24) is 35.1 Å². The molecule has 67 heavy (non-hydrogen) atoms. The van der Waals surface area contributed by atoms with Gasteiger partial charge >= 0.3 is 0 Å². The minimum Gasteiger partial charge on any atom is -0.371 e. The second kappa shape index (κ2) is 23.1. The molecule has 0 saturated carbocycles. The molecule has 348 valence electrons. The van der Waals surface area contributed by atoms with E-state index >= 15 is 0 Å². The lowest BCUT2D eigenvalue weighted by Crippen LogP contribution is -2.38. The number of aromatic amines is 2. The maximum Gasteiger partial charge on any atom is 0.253 e. The molecule has 4 aliphatic heterocycles. The lowest BCUT2D eigenvalue weighted by atomic mass is 9.88. The number of carbonyl (C=O) groups excluding carboxylic acids is 2. The number of rotatable bonds is 7. The van der Waals surface area contributed by atoms with Gasteiger partial charge in [-0.25, -0.2) is 14.4 Å². The van der Waals surface area contributed by atoms with Crippen LogP contribution in [-0.2, 0) is 0 Å². The van der Waals surface area contributed by atoms with Gasteiger partial charge in [-0.2, -0.15) is 10.5 Å². The molecule has 0 radical (unpaired) electrons. The number of aromatic nitrogens is 4. The number of H-pyrrole nitrogens is 2. The highest BCUT2D eigenvalue weighted by molar-refractivity contribution is 5.97. The summed E-state index contributed by atoms with van der Waals surface area (Å²) in [6.45, 7) is 11.1. The molecule has 0 bridgehead atoms. The van der Waals surface area contributed by atoms with E-state index in [4.69, 9.17) is 10.5 Å². The molecule has 0 spiro atoms. The van der Waals surface area contributed by atoms with Crippen molar-refractivity contribution in [3.63, 3.8) is 0 Å². The first-order chi connectivity index (χ1) is 31.7. The van der Waals surface area contributed by atoms with Gasteiger partial charge in [0, 0.05) is 67.2 Å². The summed E-state index contributed by atoms with van der Waals surface area (Å²) < 4.78 is 14.3. The predicted octanol–water partition coefficient (Wildman–Crippen LogP) is 9.94. The van der Waals surface area contributed by atoms with Crippen LogP contribution >= 0.6 is 12.4 Å². The fourth-order valence-electron chi connectivity index (χ4n) is 8.73. The number of aryl methyl sites for hydroxylation is 2. The first-order valence-corrected chi connectivity index (χ1v) is 22.7. The number of nitrogens with one attached hydrogen (secondary N) is 3. The summed E-state index contributed by atoms with van der Waals surface area (Å²) in [5, 5.41) is 21.0. The summed E-state index contributed by atoms with van der Waals surface area (Å²) in [5.74, 6) is 2.01. The smallest absolute Gasteiger partial charge is 0.253 e. The topological polar surface area (TPSA) is 161 Å². The zero-order valence-corrected chi connectivity index (χ0v) is 38.3. The van der Waals surface area contributed by atoms with Crippen LogP contribution in [0.4, 0.5) is 10.1 Å². The summed E-state index contributed by atoms with van der Waals surface area (Å²) in [4.78, 5) is 47.3. The number of nitrogens with zero attached hydrogens (tertiary/aromatic N) is 7. The van der Waals surface area contributed by atoms with Crippen molar-refractivity contribution in [3.8, 4) is 34.7 Å². The van der Waals surface area contributed by atoms with Gasteiger partial charge in [0.25, 0.3) is 11.8 Å². The third kappa shape index (κ3) is 12.0. The second-order valence-electron chi connectivity index (χ2n) is 17.2. The Balaban J connectivity index is 0.000000199. The van der Waals surface area contributed by atoms with E-state index in [1.54, 1.807) is 19.2 Å². The number of anilines is 1. The minimum absolute atomic E-state index is 0. The molecular formula is C53H60ClFN10O2. The number of halogens is 2.